The molecule has 0 aliphatic heterocycles. The maximum Gasteiger partial charge on any atom is 0.209 e. The van der Waals surface area contributed by atoms with E-state index < -0.39 is 5.60 Å². The maximum atomic E-state index is 13.1. The van der Waals surface area contributed by atoms with E-state index in [-0.39, 0.29) is 12.4 Å². The minimum Gasteiger partial charge on any atom is -0.485 e. The lowest BCUT2D eigenvalue weighted by Gasteiger charge is -2.24. The van der Waals surface area contributed by atoms with E-state index in [0.29, 0.717) is 29.5 Å². The van der Waals surface area contributed by atoms with Crippen molar-refractivity contribution >= 4 is 11.9 Å². The highest BCUT2D eigenvalue weighted by molar-refractivity contribution is 6.08. The molecule has 1 heterocycles. The largest absolute Gasteiger partial charge is 0.485 e. The van der Waals surface area contributed by atoms with E-state index >= 15 is 0 Å². The third-order valence-electron chi connectivity index (χ3n) is 5.38. The molecule has 0 fully saturated rings. The van der Waals surface area contributed by atoms with E-state index in [1.54, 1.807) is 0 Å². The van der Waals surface area contributed by atoms with Crippen molar-refractivity contribution in [3.63, 3.8) is 0 Å². The molecule has 0 aliphatic carbocycles. The van der Waals surface area contributed by atoms with Crippen LogP contribution < -0.4 is 4.74 Å². The summed E-state index contributed by atoms with van der Waals surface area (Å²) in [5, 5.41) is 8.71. The molecule has 0 saturated heterocycles. The van der Waals surface area contributed by atoms with Gasteiger partial charge in [0.1, 0.15) is 18.0 Å². The SMILES string of the molecule is Cc1cc(C(=O)c2ccc(C(C)C)cc2)n(C/C=C/c2cccc(OC(C)(C)COO)c2)c1. The van der Waals surface area contributed by atoms with Gasteiger partial charge in [0.15, 0.2) is 0 Å². The zero-order chi connectivity index (χ0) is 24.0. The molecule has 0 atom stereocenters. The Morgan fingerprint density at radius 2 is 1.85 bits per heavy atom. The molecule has 2 aromatic carbocycles. The quantitative estimate of drug-likeness (QED) is 0.219. The van der Waals surface area contributed by atoms with Gasteiger partial charge in [-0.3, -0.25) is 10.1 Å². The number of ketones is 1. The number of aromatic nitrogens is 1. The molecule has 0 radical (unpaired) electrons. The van der Waals surface area contributed by atoms with Crippen molar-refractivity contribution in [3.05, 3.63) is 94.8 Å². The minimum atomic E-state index is -0.650. The van der Waals surface area contributed by atoms with Crippen LogP contribution in [0.5, 0.6) is 5.75 Å². The number of carbonyl (C=O) groups excluding carboxylic acids is 1. The molecule has 0 bridgehead atoms. The van der Waals surface area contributed by atoms with E-state index in [1.165, 1.54) is 5.56 Å². The first-order valence-corrected chi connectivity index (χ1v) is 11.2. The van der Waals surface area contributed by atoms with Crippen molar-refractivity contribution in [2.24, 2.45) is 0 Å². The molecule has 174 valence electrons. The number of nitrogens with zero attached hydrogens (tertiary/aromatic N) is 1. The molecule has 0 unspecified atom stereocenters. The third kappa shape index (κ3) is 6.67. The predicted octanol–water partition coefficient (Wildman–Crippen LogP) is 6.51. The van der Waals surface area contributed by atoms with E-state index in [2.05, 4.69) is 18.7 Å². The molecular formula is C28H33NO4. The molecule has 0 saturated carbocycles. The van der Waals surface area contributed by atoms with Gasteiger partial charge in [-0.2, -0.15) is 0 Å². The fraction of sp³-hybridized carbons (Fsp3) is 0.321. The van der Waals surface area contributed by atoms with Crippen LogP contribution in [0.3, 0.4) is 0 Å². The molecule has 1 N–H and O–H groups in total. The average molecular weight is 448 g/mol. The van der Waals surface area contributed by atoms with Crippen molar-refractivity contribution in [2.75, 3.05) is 6.61 Å². The summed E-state index contributed by atoms with van der Waals surface area (Å²) in [6, 6.07) is 17.5. The molecule has 0 spiro atoms. The zero-order valence-electron chi connectivity index (χ0n) is 20.0. The van der Waals surface area contributed by atoms with Crippen LogP contribution in [0.25, 0.3) is 6.08 Å². The first-order chi connectivity index (χ1) is 15.7. The molecule has 5 heteroatoms. The molecule has 3 rings (SSSR count). The second-order valence-corrected chi connectivity index (χ2v) is 9.27. The summed E-state index contributed by atoms with van der Waals surface area (Å²) in [5.74, 6) is 1.15. The van der Waals surface area contributed by atoms with Crippen LogP contribution in [-0.4, -0.2) is 27.8 Å². The van der Waals surface area contributed by atoms with Gasteiger partial charge in [0.05, 0.1) is 5.69 Å². The highest BCUT2D eigenvalue weighted by atomic mass is 17.1. The summed E-state index contributed by atoms with van der Waals surface area (Å²) in [6.07, 6.45) is 6.03. The number of allylic oxidation sites excluding steroid dienone is 1. The van der Waals surface area contributed by atoms with Crippen molar-refractivity contribution in [3.8, 4) is 5.75 Å². The predicted molar refractivity (Wildman–Crippen MR) is 132 cm³/mol. The summed E-state index contributed by atoms with van der Waals surface area (Å²) in [7, 11) is 0. The van der Waals surface area contributed by atoms with Crippen molar-refractivity contribution < 1.29 is 19.7 Å². The summed E-state index contributed by atoms with van der Waals surface area (Å²) in [5.41, 5.74) is 3.98. The smallest absolute Gasteiger partial charge is 0.209 e. The summed E-state index contributed by atoms with van der Waals surface area (Å²) in [6.45, 7) is 10.6. The maximum absolute atomic E-state index is 13.1. The van der Waals surface area contributed by atoms with Gasteiger partial charge in [-0.05, 0) is 61.6 Å². The van der Waals surface area contributed by atoms with Crippen LogP contribution in [0.1, 0.15) is 66.4 Å². The number of aryl methyl sites for hydroxylation is 1. The molecular weight excluding hydrogens is 414 g/mol. The number of benzene rings is 2. The number of hydrogen-bond acceptors (Lipinski definition) is 4. The summed E-state index contributed by atoms with van der Waals surface area (Å²) >= 11 is 0. The van der Waals surface area contributed by atoms with Crippen LogP contribution in [-0.2, 0) is 11.4 Å². The highest BCUT2D eigenvalue weighted by Crippen LogP contribution is 2.21. The normalized spacial score (nSPS) is 12.0. The van der Waals surface area contributed by atoms with Crippen LogP contribution in [0, 0.1) is 6.92 Å². The zero-order valence-corrected chi connectivity index (χ0v) is 20.0. The van der Waals surface area contributed by atoms with Crippen molar-refractivity contribution in [2.45, 2.75) is 52.7 Å². The van der Waals surface area contributed by atoms with Gasteiger partial charge in [-0.25, -0.2) is 4.89 Å². The van der Waals surface area contributed by atoms with Crippen LogP contribution in [0.15, 0.2) is 66.9 Å². The lowest BCUT2D eigenvalue weighted by Crippen LogP contribution is -2.33. The first kappa shape index (κ1) is 24.5. The number of rotatable bonds is 10. The molecule has 33 heavy (non-hydrogen) atoms. The third-order valence-corrected chi connectivity index (χ3v) is 5.38. The first-order valence-electron chi connectivity index (χ1n) is 11.2. The Kier molecular flexibility index (Phi) is 7.90. The van der Waals surface area contributed by atoms with Gasteiger partial charge in [-0.1, -0.05) is 62.4 Å². The minimum absolute atomic E-state index is 0.0236. The van der Waals surface area contributed by atoms with Gasteiger partial charge < -0.3 is 9.30 Å². The Labute approximate surface area is 196 Å². The van der Waals surface area contributed by atoms with Crippen LogP contribution in [0.2, 0.25) is 0 Å². The van der Waals surface area contributed by atoms with Crippen molar-refractivity contribution in [1.29, 1.82) is 0 Å². The van der Waals surface area contributed by atoms with Gasteiger partial charge in [0.25, 0.3) is 0 Å². The monoisotopic (exact) mass is 447 g/mol. The summed E-state index contributed by atoms with van der Waals surface area (Å²) < 4.78 is 7.88. The van der Waals surface area contributed by atoms with Gasteiger partial charge in [0, 0.05) is 18.3 Å². The second-order valence-electron chi connectivity index (χ2n) is 9.27. The lowest BCUT2D eigenvalue weighted by atomic mass is 9.99. The fourth-order valence-corrected chi connectivity index (χ4v) is 3.65. The Hall–Kier alpha value is -3.15. The van der Waals surface area contributed by atoms with Gasteiger partial charge in [-0.15, -0.1) is 0 Å². The molecule has 1 aromatic heterocycles. The summed E-state index contributed by atoms with van der Waals surface area (Å²) in [4.78, 5) is 17.4. The van der Waals surface area contributed by atoms with E-state index in [0.717, 1.165) is 11.1 Å². The number of carbonyl (C=O) groups is 1. The Bertz CT molecular complexity index is 1110. The van der Waals surface area contributed by atoms with E-state index in [9.17, 15) is 4.79 Å². The Morgan fingerprint density at radius 3 is 2.52 bits per heavy atom. The standard InChI is InChI=1S/C28H33NO4/c1-20(2)23-11-13-24(14-12-23)27(30)26-16-21(3)18-29(26)15-7-9-22-8-6-10-25(17-22)33-28(4,5)19-32-31/h6-14,16-18,20,31H,15,19H2,1-5H3/b9-7+. The topological polar surface area (TPSA) is 60.7 Å². The lowest BCUT2D eigenvalue weighted by molar-refractivity contribution is -0.264. The van der Waals surface area contributed by atoms with Crippen molar-refractivity contribution in [1.82, 2.24) is 4.57 Å². The molecule has 0 amide bonds. The van der Waals surface area contributed by atoms with Crippen LogP contribution in [0.4, 0.5) is 0 Å². The Morgan fingerprint density at radius 1 is 1.12 bits per heavy atom. The number of ether oxygens (including phenoxy) is 1. The highest BCUT2D eigenvalue weighted by Gasteiger charge is 2.20. The molecule has 0 aliphatic rings. The van der Waals surface area contributed by atoms with E-state index in [4.69, 9.17) is 9.99 Å². The van der Waals surface area contributed by atoms with Gasteiger partial charge >= 0.3 is 0 Å². The molecule has 3 aromatic rings. The number of hydrogen-bond donors (Lipinski definition) is 1. The molecule has 5 nitrogen and oxygen atoms in total. The van der Waals surface area contributed by atoms with Crippen LogP contribution >= 0.6 is 0 Å². The van der Waals surface area contributed by atoms with E-state index in [1.807, 2.05) is 98.3 Å². The average Bonchev–Trinajstić information content (AvgIpc) is 3.13. The van der Waals surface area contributed by atoms with Gasteiger partial charge in [0.2, 0.25) is 5.78 Å². The second kappa shape index (κ2) is 10.6. The fourth-order valence-electron chi connectivity index (χ4n) is 3.65. The Balaban J connectivity index is 1.73.